The van der Waals surface area contributed by atoms with Gasteiger partial charge in [0.2, 0.25) is 11.8 Å². The van der Waals surface area contributed by atoms with Gasteiger partial charge < -0.3 is 24.0 Å². The van der Waals surface area contributed by atoms with Crippen LogP contribution >= 0.6 is 11.3 Å². The smallest absolute Gasteiger partial charge is 0.337 e. The molecule has 288 valence electrons. The average Bonchev–Trinajstić information content (AvgIpc) is 3.74. The Morgan fingerprint density at radius 2 is 1.73 bits per heavy atom. The monoisotopic (exact) mass is 775 g/mol. The Hall–Kier alpha value is -5.83. The lowest BCUT2D eigenvalue weighted by molar-refractivity contribution is -0.140. The zero-order valence-corrected chi connectivity index (χ0v) is 32.1. The third kappa shape index (κ3) is 8.83. The number of rotatable bonds is 15. The summed E-state index contributed by atoms with van der Waals surface area (Å²) < 4.78 is 17.4. The average molecular weight is 776 g/mol. The number of ether oxygens (including phenoxy) is 3. The zero-order valence-electron chi connectivity index (χ0n) is 31.3. The van der Waals surface area contributed by atoms with Crippen molar-refractivity contribution in [2.75, 3.05) is 45.4 Å². The fourth-order valence-electron chi connectivity index (χ4n) is 6.75. The normalized spacial score (nSPS) is 15.2. The number of aryl methyl sites for hydroxylation is 1. The molecule has 1 atom stereocenters. The minimum absolute atomic E-state index is 0.0504. The van der Waals surface area contributed by atoms with Crippen molar-refractivity contribution in [3.63, 3.8) is 0 Å². The van der Waals surface area contributed by atoms with Gasteiger partial charge in [-0.3, -0.25) is 24.5 Å². The number of nitrogens with zero attached hydrogens (tertiary/aromatic N) is 4. The molecule has 56 heavy (non-hydrogen) atoms. The molecule has 2 aliphatic heterocycles. The van der Waals surface area contributed by atoms with Gasteiger partial charge in [0.25, 0.3) is 5.91 Å². The number of hydrogen-bond donors (Lipinski definition) is 1. The summed E-state index contributed by atoms with van der Waals surface area (Å²) in [4.78, 5) is 74.6. The third-order valence-corrected chi connectivity index (χ3v) is 10.7. The van der Waals surface area contributed by atoms with E-state index < -0.39 is 17.9 Å². The molecular formula is C42H41N5O8S. The van der Waals surface area contributed by atoms with Crippen LogP contribution in [0.4, 0.5) is 5.82 Å². The van der Waals surface area contributed by atoms with Crippen LogP contribution in [0.15, 0.2) is 72.9 Å². The second kappa shape index (κ2) is 16.9. The molecule has 2 aromatic heterocycles. The van der Waals surface area contributed by atoms with Gasteiger partial charge in [-0.25, -0.2) is 14.8 Å². The number of ketones is 1. The number of anilines is 1. The molecule has 0 saturated carbocycles. The van der Waals surface area contributed by atoms with Crippen molar-refractivity contribution < 1.29 is 38.2 Å². The molecule has 5 aromatic rings. The first-order valence-electron chi connectivity index (χ1n) is 18.3. The number of pyridine rings is 1. The summed E-state index contributed by atoms with van der Waals surface area (Å²) >= 11 is 1.61. The van der Waals surface area contributed by atoms with Gasteiger partial charge in [-0.05, 0) is 78.1 Å². The molecule has 0 aliphatic carbocycles. The molecule has 1 unspecified atom stereocenters. The van der Waals surface area contributed by atoms with E-state index in [1.54, 1.807) is 23.5 Å². The van der Waals surface area contributed by atoms with Crippen LogP contribution in [0, 0.1) is 6.92 Å². The number of carbonyl (C=O) groups excluding carboxylic acids is 5. The SMILES string of the molecule is Cc1cc(-c2ccc(N(C)C)nc2)ccc1-c1nc2ccc(CC(=O)CCOCCOCC(=O)Oc3ccc4c(c3)CN(C3CCC(=O)NC3=O)C4=O)cc2s1. The van der Waals surface area contributed by atoms with Crippen LogP contribution in [0.5, 0.6) is 5.75 Å². The highest BCUT2D eigenvalue weighted by atomic mass is 32.1. The Morgan fingerprint density at radius 1 is 0.929 bits per heavy atom. The molecule has 0 radical (unpaired) electrons. The summed E-state index contributed by atoms with van der Waals surface area (Å²) in [5.41, 5.74) is 7.20. The first-order chi connectivity index (χ1) is 27.0. The number of benzene rings is 3. The number of fused-ring (bicyclic) bond motifs is 2. The fourth-order valence-corrected chi connectivity index (χ4v) is 7.87. The largest absolute Gasteiger partial charge is 0.425 e. The summed E-state index contributed by atoms with van der Waals surface area (Å²) in [5.74, 6) is -0.558. The van der Waals surface area contributed by atoms with Crippen molar-refractivity contribution in [2.24, 2.45) is 0 Å². The number of amides is 3. The highest BCUT2D eigenvalue weighted by Gasteiger charge is 2.39. The maximum Gasteiger partial charge on any atom is 0.337 e. The highest BCUT2D eigenvalue weighted by molar-refractivity contribution is 7.21. The molecule has 2 aliphatic rings. The molecule has 3 amide bonds. The molecule has 3 aromatic carbocycles. The van der Waals surface area contributed by atoms with Crippen LogP contribution in [0.1, 0.15) is 46.3 Å². The second-order valence-electron chi connectivity index (χ2n) is 14.0. The number of aromatic nitrogens is 2. The van der Waals surface area contributed by atoms with Crippen molar-refractivity contribution in [3.8, 4) is 27.4 Å². The van der Waals surface area contributed by atoms with Gasteiger partial charge in [-0.15, -0.1) is 11.3 Å². The summed E-state index contributed by atoms with van der Waals surface area (Å²) in [7, 11) is 3.94. The Bertz CT molecular complexity index is 2320. The lowest BCUT2D eigenvalue weighted by Gasteiger charge is -2.29. The van der Waals surface area contributed by atoms with Gasteiger partial charge in [0.15, 0.2) is 0 Å². The van der Waals surface area contributed by atoms with E-state index in [0.29, 0.717) is 11.1 Å². The van der Waals surface area contributed by atoms with Gasteiger partial charge in [0, 0.05) is 62.8 Å². The number of thiazole rings is 1. The summed E-state index contributed by atoms with van der Waals surface area (Å²) in [6, 6.07) is 20.3. The molecule has 14 heteroatoms. The van der Waals surface area contributed by atoms with E-state index in [9.17, 15) is 24.0 Å². The van der Waals surface area contributed by atoms with E-state index in [1.807, 2.05) is 49.5 Å². The molecule has 1 fully saturated rings. The fraction of sp³-hybridized carbons (Fsp3) is 0.310. The number of imide groups is 1. The number of Topliss-reactive ketones (excluding diaryl/α,β-unsaturated/α-hetero) is 1. The predicted octanol–water partition coefficient (Wildman–Crippen LogP) is 5.30. The highest BCUT2D eigenvalue weighted by Crippen LogP contribution is 2.35. The van der Waals surface area contributed by atoms with Crippen LogP contribution in [0.3, 0.4) is 0 Å². The van der Waals surface area contributed by atoms with Gasteiger partial charge >= 0.3 is 5.97 Å². The number of carbonyl (C=O) groups is 5. The topological polar surface area (TPSA) is 157 Å². The molecule has 0 bridgehead atoms. The Morgan fingerprint density at radius 3 is 2.50 bits per heavy atom. The standard InChI is InChI=1S/C42H41N5O8S/c1-25-18-27(28-6-12-37(43-22-28)46(2)3)5-8-32(25)41-44-34-10-4-26(20-36(34)56-41)19-30(48)14-15-53-16-17-54-24-39(50)55-31-7-9-33-29(21-31)23-47(42(33)52)35-11-13-38(49)45-40(35)51/h4-10,12,18,20-22,35H,11,13-17,19,23-24H2,1-3H3,(H,45,49,51). The summed E-state index contributed by atoms with van der Waals surface area (Å²) in [5, 5.41) is 3.20. The Balaban J connectivity index is 0.811. The lowest BCUT2D eigenvalue weighted by atomic mass is 10.0. The van der Waals surface area contributed by atoms with Crippen LogP contribution in [0.2, 0.25) is 0 Å². The quantitative estimate of drug-likeness (QED) is 0.0637. The molecule has 0 spiro atoms. The zero-order chi connectivity index (χ0) is 39.3. The number of esters is 1. The molecule has 4 heterocycles. The first-order valence-corrected chi connectivity index (χ1v) is 19.1. The van der Waals surface area contributed by atoms with Gasteiger partial charge in [-0.2, -0.15) is 0 Å². The Kier molecular flexibility index (Phi) is 11.6. The van der Waals surface area contributed by atoms with Crippen molar-refractivity contribution in [1.29, 1.82) is 0 Å². The van der Waals surface area contributed by atoms with Crippen LogP contribution in [-0.4, -0.2) is 90.9 Å². The van der Waals surface area contributed by atoms with Crippen LogP contribution < -0.4 is 15.0 Å². The molecule has 7 rings (SSSR count). The molecule has 13 nitrogen and oxygen atoms in total. The van der Waals surface area contributed by atoms with Crippen molar-refractivity contribution >= 4 is 56.8 Å². The second-order valence-corrected chi connectivity index (χ2v) is 15.0. The minimum atomic E-state index is -0.724. The van der Waals surface area contributed by atoms with Crippen molar-refractivity contribution in [1.82, 2.24) is 20.2 Å². The number of hydrogen-bond acceptors (Lipinski definition) is 12. The molecule has 1 N–H and O–H groups in total. The third-order valence-electron chi connectivity index (χ3n) is 9.69. The van der Waals surface area contributed by atoms with Crippen molar-refractivity contribution in [2.45, 2.75) is 45.2 Å². The van der Waals surface area contributed by atoms with E-state index >= 15 is 0 Å². The maximum atomic E-state index is 12.9. The predicted molar refractivity (Wildman–Crippen MR) is 210 cm³/mol. The molecule has 1 saturated heterocycles. The van der Waals surface area contributed by atoms with Gasteiger partial charge in [-0.1, -0.05) is 24.3 Å². The van der Waals surface area contributed by atoms with Gasteiger partial charge in [0.05, 0.1) is 30.0 Å². The number of piperidine rings is 1. The van der Waals surface area contributed by atoms with Crippen LogP contribution in [0.25, 0.3) is 31.9 Å². The summed E-state index contributed by atoms with van der Waals surface area (Å²) in [6.45, 7) is 2.52. The van der Waals surface area contributed by atoms with Crippen molar-refractivity contribution in [3.05, 3.63) is 95.2 Å². The maximum absolute atomic E-state index is 12.9. The van der Waals surface area contributed by atoms with E-state index in [2.05, 4.69) is 41.5 Å². The Labute approximate surface area is 327 Å². The van der Waals surface area contributed by atoms with E-state index in [4.69, 9.17) is 19.2 Å². The van der Waals surface area contributed by atoms with E-state index in [0.717, 1.165) is 48.9 Å². The first kappa shape index (κ1) is 38.4. The molecular weight excluding hydrogens is 735 g/mol. The summed E-state index contributed by atoms with van der Waals surface area (Å²) in [6.07, 6.45) is 2.85. The minimum Gasteiger partial charge on any atom is -0.425 e. The van der Waals surface area contributed by atoms with E-state index in [-0.39, 0.29) is 82.0 Å². The van der Waals surface area contributed by atoms with Gasteiger partial charge in [0.1, 0.15) is 35.0 Å². The lowest BCUT2D eigenvalue weighted by Crippen LogP contribution is -2.52. The van der Waals surface area contributed by atoms with E-state index in [1.165, 1.54) is 11.0 Å². The number of nitrogens with one attached hydrogen (secondary N) is 1. The van der Waals surface area contributed by atoms with Crippen LogP contribution in [-0.2, 0) is 41.6 Å².